The highest BCUT2D eigenvalue weighted by Gasteiger charge is 1.95. The maximum absolute atomic E-state index is 12.5. The van der Waals surface area contributed by atoms with Crippen molar-refractivity contribution in [1.82, 2.24) is 5.32 Å². The Labute approximate surface area is 98.8 Å². The number of benzene rings is 1. The van der Waals surface area contributed by atoms with Gasteiger partial charge in [0, 0.05) is 17.9 Å². The van der Waals surface area contributed by atoms with Gasteiger partial charge in [-0.1, -0.05) is 11.8 Å². The first-order chi connectivity index (χ1) is 7.72. The SMILES string of the molecule is O=C(CCCl)NCC#Cc1ccc(F)cc1. The van der Waals surface area contributed by atoms with E-state index in [0.717, 1.165) is 0 Å². The summed E-state index contributed by atoms with van der Waals surface area (Å²) >= 11 is 5.39. The predicted octanol–water partition coefficient (Wildman–Crippen LogP) is 1.92. The van der Waals surface area contributed by atoms with Gasteiger partial charge >= 0.3 is 0 Å². The van der Waals surface area contributed by atoms with Gasteiger partial charge in [-0.25, -0.2) is 4.39 Å². The van der Waals surface area contributed by atoms with Gasteiger partial charge in [0.25, 0.3) is 0 Å². The molecule has 0 fully saturated rings. The van der Waals surface area contributed by atoms with Crippen molar-refractivity contribution in [3.8, 4) is 11.8 Å². The second-order valence-corrected chi connectivity index (χ2v) is 3.40. The standard InChI is InChI=1S/C12H11ClFNO/c13-8-7-12(16)15-9-1-2-10-3-5-11(14)6-4-10/h3-6H,7-9H2,(H,15,16). The molecule has 0 atom stereocenters. The maximum atomic E-state index is 12.5. The van der Waals surface area contributed by atoms with Crippen LogP contribution in [-0.4, -0.2) is 18.3 Å². The summed E-state index contributed by atoms with van der Waals surface area (Å²) in [7, 11) is 0. The van der Waals surface area contributed by atoms with Gasteiger partial charge in [-0.2, -0.15) is 0 Å². The minimum atomic E-state index is -0.291. The van der Waals surface area contributed by atoms with Gasteiger partial charge in [0.15, 0.2) is 0 Å². The number of hydrogen-bond acceptors (Lipinski definition) is 1. The highest BCUT2D eigenvalue weighted by molar-refractivity contribution is 6.18. The first-order valence-corrected chi connectivity index (χ1v) is 5.33. The molecule has 0 heterocycles. The molecule has 0 saturated heterocycles. The average Bonchev–Trinajstić information content (AvgIpc) is 2.27. The lowest BCUT2D eigenvalue weighted by molar-refractivity contribution is -0.120. The summed E-state index contributed by atoms with van der Waals surface area (Å²) in [5, 5.41) is 2.59. The number of halogens is 2. The Balaban J connectivity index is 2.38. The molecular weight excluding hydrogens is 229 g/mol. The molecule has 1 N–H and O–H groups in total. The fraction of sp³-hybridized carbons (Fsp3) is 0.250. The molecule has 0 spiro atoms. The van der Waals surface area contributed by atoms with Gasteiger partial charge in [0.2, 0.25) is 5.91 Å². The van der Waals surface area contributed by atoms with Crippen LogP contribution in [0.2, 0.25) is 0 Å². The zero-order valence-electron chi connectivity index (χ0n) is 8.59. The van der Waals surface area contributed by atoms with E-state index in [4.69, 9.17) is 11.6 Å². The van der Waals surface area contributed by atoms with Crippen molar-refractivity contribution in [3.05, 3.63) is 35.6 Å². The lowest BCUT2D eigenvalue weighted by atomic mass is 10.2. The van der Waals surface area contributed by atoms with Crippen molar-refractivity contribution < 1.29 is 9.18 Å². The predicted molar refractivity (Wildman–Crippen MR) is 61.6 cm³/mol. The molecule has 0 radical (unpaired) electrons. The monoisotopic (exact) mass is 239 g/mol. The molecule has 2 nitrogen and oxygen atoms in total. The van der Waals surface area contributed by atoms with E-state index in [9.17, 15) is 9.18 Å². The van der Waals surface area contributed by atoms with Crippen molar-refractivity contribution in [3.63, 3.8) is 0 Å². The summed E-state index contributed by atoms with van der Waals surface area (Å²) in [6, 6.07) is 5.86. The third kappa shape index (κ3) is 4.81. The summed E-state index contributed by atoms with van der Waals surface area (Å²) < 4.78 is 12.5. The molecule has 4 heteroatoms. The molecule has 1 rings (SSSR count). The fourth-order valence-corrected chi connectivity index (χ4v) is 1.17. The summed E-state index contributed by atoms with van der Waals surface area (Å²) in [6.45, 7) is 0.271. The summed E-state index contributed by atoms with van der Waals surface area (Å²) in [4.78, 5) is 11.0. The van der Waals surface area contributed by atoms with Crippen LogP contribution in [-0.2, 0) is 4.79 Å². The molecule has 0 aromatic heterocycles. The minimum absolute atomic E-state index is 0.122. The Morgan fingerprint density at radius 2 is 2.06 bits per heavy atom. The Morgan fingerprint density at radius 1 is 1.38 bits per heavy atom. The normalized spacial score (nSPS) is 9.12. The van der Waals surface area contributed by atoms with Crippen LogP contribution in [0.15, 0.2) is 24.3 Å². The van der Waals surface area contributed by atoms with Crippen molar-refractivity contribution in [2.24, 2.45) is 0 Å². The second kappa shape index (κ2) is 6.86. The maximum Gasteiger partial charge on any atom is 0.221 e. The Hall–Kier alpha value is -1.53. The smallest absolute Gasteiger partial charge is 0.221 e. The first-order valence-electron chi connectivity index (χ1n) is 4.79. The third-order valence-electron chi connectivity index (χ3n) is 1.77. The quantitative estimate of drug-likeness (QED) is 0.634. The van der Waals surface area contributed by atoms with Crippen molar-refractivity contribution in [2.45, 2.75) is 6.42 Å². The first kappa shape index (κ1) is 12.5. The van der Waals surface area contributed by atoms with Gasteiger partial charge in [-0.05, 0) is 24.3 Å². The van der Waals surface area contributed by atoms with Crippen molar-refractivity contribution >= 4 is 17.5 Å². The number of carbonyl (C=O) groups excluding carboxylic acids is 1. The highest BCUT2D eigenvalue weighted by atomic mass is 35.5. The van der Waals surface area contributed by atoms with E-state index in [1.54, 1.807) is 12.1 Å². The van der Waals surface area contributed by atoms with Gasteiger partial charge in [-0.3, -0.25) is 4.79 Å². The van der Waals surface area contributed by atoms with E-state index in [1.165, 1.54) is 12.1 Å². The minimum Gasteiger partial charge on any atom is -0.345 e. The van der Waals surface area contributed by atoms with Gasteiger partial charge < -0.3 is 5.32 Å². The van der Waals surface area contributed by atoms with Crippen LogP contribution in [0.3, 0.4) is 0 Å². The molecule has 84 valence electrons. The van der Waals surface area contributed by atoms with Gasteiger partial charge in [0.05, 0.1) is 6.54 Å². The van der Waals surface area contributed by atoms with Crippen molar-refractivity contribution in [1.29, 1.82) is 0 Å². The second-order valence-electron chi connectivity index (χ2n) is 3.02. The van der Waals surface area contributed by atoms with Crippen LogP contribution >= 0.6 is 11.6 Å². The van der Waals surface area contributed by atoms with E-state index in [1.807, 2.05) is 0 Å². The van der Waals surface area contributed by atoms with E-state index in [2.05, 4.69) is 17.2 Å². The molecule has 16 heavy (non-hydrogen) atoms. The number of alkyl halides is 1. The summed E-state index contributed by atoms with van der Waals surface area (Å²) in [5.74, 6) is 5.46. The van der Waals surface area contributed by atoms with Crippen LogP contribution in [0.25, 0.3) is 0 Å². The third-order valence-corrected chi connectivity index (χ3v) is 1.96. The largest absolute Gasteiger partial charge is 0.345 e. The molecule has 0 saturated carbocycles. The van der Waals surface area contributed by atoms with Crippen LogP contribution < -0.4 is 5.32 Å². The van der Waals surface area contributed by atoms with Crippen LogP contribution in [0, 0.1) is 17.7 Å². The van der Waals surface area contributed by atoms with E-state index in [0.29, 0.717) is 17.9 Å². The zero-order chi connectivity index (χ0) is 11.8. The van der Waals surface area contributed by atoms with Gasteiger partial charge in [-0.15, -0.1) is 11.6 Å². The zero-order valence-corrected chi connectivity index (χ0v) is 9.35. The van der Waals surface area contributed by atoms with E-state index < -0.39 is 0 Å². The Bertz CT molecular complexity index is 405. The van der Waals surface area contributed by atoms with Crippen molar-refractivity contribution in [2.75, 3.05) is 12.4 Å². The fourth-order valence-electron chi connectivity index (χ4n) is 0.996. The summed E-state index contributed by atoms with van der Waals surface area (Å²) in [6.07, 6.45) is 0.291. The average molecular weight is 240 g/mol. The molecule has 1 amide bonds. The highest BCUT2D eigenvalue weighted by Crippen LogP contribution is 2.00. The number of rotatable bonds is 3. The molecule has 0 aliphatic carbocycles. The van der Waals surface area contributed by atoms with Crippen LogP contribution in [0.4, 0.5) is 4.39 Å². The van der Waals surface area contributed by atoms with E-state index >= 15 is 0 Å². The summed E-state index contributed by atoms with van der Waals surface area (Å²) in [5.41, 5.74) is 0.716. The lowest BCUT2D eigenvalue weighted by Crippen LogP contribution is -2.23. The molecule has 0 aliphatic heterocycles. The number of hydrogen-bond donors (Lipinski definition) is 1. The Kier molecular flexibility index (Phi) is 5.38. The Morgan fingerprint density at radius 3 is 2.69 bits per heavy atom. The lowest BCUT2D eigenvalue weighted by Gasteiger charge is -1.96. The topological polar surface area (TPSA) is 29.1 Å². The molecule has 1 aromatic rings. The molecule has 0 aliphatic rings. The molecule has 1 aromatic carbocycles. The van der Waals surface area contributed by atoms with E-state index in [-0.39, 0.29) is 18.3 Å². The number of nitrogens with one attached hydrogen (secondary N) is 1. The van der Waals surface area contributed by atoms with Gasteiger partial charge in [0.1, 0.15) is 5.82 Å². The molecule has 0 unspecified atom stereocenters. The number of carbonyl (C=O) groups is 1. The molecular formula is C12H11ClFNO. The number of amides is 1. The van der Waals surface area contributed by atoms with Crippen LogP contribution in [0.1, 0.15) is 12.0 Å². The molecule has 0 bridgehead atoms. The van der Waals surface area contributed by atoms with Crippen LogP contribution in [0.5, 0.6) is 0 Å².